The first-order valence-electron chi connectivity index (χ1n) is 8.78. The van der Waals surface area contributed by atoms with Gasteiger partial charge >= 0.3 is 6.18 Å². The van der Waals surface area contributed by atoms with Crippen LogP contribution >= 0.6 is 11.3 Å². The number of benzene rings is 2. The third kappa shape index (κ3) is 3.88. The van der Waals surface area contributed by atoms with Gasteiger partial charge in [-0.2, -0.15) is 13.2 Å². The van der Waals surface area contributed by atoms with Crippen LogP contribution in [0, 0.1) is 6.92 Å². The average molecular weight is 415 g/mol. The largest absolute Gasteiger partial charge is 0.416 e. The fourth-order valence-electron chi connectivity index (χ4n) is 3.17. The molecule has 29 heavy (non-hydrogen) atoms. The van der Waals surface area contributed by atoms with Gasteiger partial charge < -0.3 is 9.88 Å². The van der Waals surface area contributed by atoms with Crippen molar-refractivity contribution in [3.63, 3.8) is 0 Å². The number of anilines is 1. The van der Waals surface area contributed by atoms with Crippen molar-refractivity contribution in [2.75, 3.05) is 5.32 Å². The molecule has 0 saturated heterocycles. The number of carbonyl (C=O) groups excluding carboxylic acids is 1. The summed E-state index contributed by atoms with van der Waals surface area (Å²) in [7, 11) is 0. The summed E-state index contributed by atoms with van der Waals surface area (Å²) >= 11 is 1.27. The Morgan fingerprint density at radius 3 is 2.52 bits per heavy atom. The van der Waals surface area contributed by atoms with Crippen molar-refractivity contribution in [1.29, 1.82) is 0 Å². The van der Waals surface area contributed by atoms with E-state index in [1.165, 1.54) is 23.5 Å². The summed E-state index contributed by atoms with van der Waals surface area (Å²) in [4.78, 5) is 17.2. The molecule has 0 aliphatic carbocycles. The lowest BCUT2D eigenvalue weighted by Gasteiger charge is -2.09. The van der Waals surface area contributed by atoms with Crippen LogP contribution in [0.15, 0.2) is 60.2 Å². The Bertz CT molecular complexity index is 1180. The van der Waals surface area contributed by atoms with Crippen LogP contribution in [0.4, 0.5) is 18.9 Å². The monoisotopic (exact) mass is 415 g/mol. The van der Waals surface area contributed by atoms with Gasteiger partial charge in [0.25, 0.3) is 5.91 Å². The molecule has 0 bridgehead atoms. The van der Waals surface area contributed by atoms with Gasteiger partial charge in [0, 0.05) is 18.1 Å². The summed E-state index contributed by atoms with van der Waals surface area (Å²) in [6, 6.07) is 12.7. The van der Waals surface area contributed by atoms with Crippen LogP contribution in [0.5, 0.6) is 0 Å². The van der Waals surface area contributed by atoms with Gasteiger partial charge in [-0.25, -0.2) is 4.98 Å². The van der Waals surface area contributed by atoms with Crippen LogP contribution in [0.1, 0.15) is 26.5 Å². The molecule has 0 radical (unpaired) electrons. The molecule has 4 rings (SSSR count). The third-order valence-electron chi connectivity index (χ3n) is 4.62. The number of amides is 1. The maximum atomic E-state index is 12.8. The van der Waals surface area contributed by atoms with E-state index < -0.39 is 11.7 Å². The van der Waals surface area contributed by atoms with Gasteiger partial charge in [0.1, 0.15) is 4.88 Å². The van der Waals surface area contributed by atoms with Crippen molar-refractivity contribution >= 4 is 33.8 Å². The van der Waals surface area contributed by atoms with Crippen molar-refractivity contribution in [3.8, 4) is 0 Å². The molecule has 1 amide bonds. The van der Waals surface area contributed by atoms with E-state index in [-0.39, 0.29) is 5.91 Å². The fourth-order valence-corrected chi connectivity index (χ4v) is 3.87. The first kappa shape index (κ1) is 19.2. The molecule has 0 fully saturated rings. The Labute approximate surface area is 168 Å². The van der Waals surface area contributed by atoms with Gasteiger partial charge in [-0.1, -0.05) is 30.3 Å². The normalized spacial score (nSPS) is 11.7. The molecule has 2 heterocycles. The number of fused-ring (bicyclic) bond motifs is 1. The molecule has 4 nitrogen and oxygen atoms in total. The minimum absolute atomic E-state index is 0.234. The summed E-state index contributed by atoms with van der Waals surface area (Å²) in [6.45, 7) is 2.16. The Morgan fingerprint density at radius 1 is 1.14 bits per heavy atom. The average Bonchev–Trinajstić information content (AvgIpc) is 3.26. The van der Waals surface area contributed by atoms with Crippen molar-refractivity contribution in [2.45, 2.75) is 19.6 Å². The van der Waals surface area contributed by atoms with E-state index in [1.807, 2.05) is 28.8 Å². The van der Waals surface area contributed by atoms with Gasteiger partial charge in [0.2, 0.25) is 0 Å². The minimum atomic E-state index is -4.36. The first-order chi connectivity index (χ1) is 13.8. The first-order valence-corrected chi connectivity index (χ1v) is 9.66. The van der Waals surface area contributed by atoms with E-state index in [9.17, 15) is 18.0 Å². The molecule has 4 aromatic rings. The molecule has 0 saturated carbocycles. The number of thiazole rings is 1. The van der Waals surface area contributed by atoms with E-state index in [4.69, 9.17) is 0 Å². The lowest BCUT2D eigenvalue weighted by Crippen LogP contribution is -2.11. The summed E-state index contributed by atoms with van der Waals surface area (Å²) in [5, 5.41) is 3.78. The zero-order valence-electron chi connectivity index (χ0n) is 15.3. The summed E-state index contributed by atoms with van der Waals surface area (Å²) in [5.41, 5.74) is 3.87. The number of para-hydroxylation sites is 1. The van der Waals surface area contributed by atoms with Crippen molar-refractivity contribution < 1.29 is 18.0 Å². The second kappa shape index (κ2) is 7.36. The maximum absolute atomic E-state index is 12.8. The van der Waals surface area contributed by atoms with Gasteiger partial charge in [-0.3, -0.25) is 4.79 Å². The molecule has 2 aromatic carbocycles. The molecule has 0 spiro atoms. The Hall–Kier alpha value is -3.13. The highest BCUT2D eigenvalue weighted by Gasteiger charge is 2.29. The summed E-state index contributed by atoms with van der Waals surface area (Å²) < 4.78 is 40.2. The second-order valence-corrected chi connectivity index (χ2v) is 7.46. The molecular weight excluding hydrogens is 399 g/mol. The molecular formula is C21H16F3N3OS. The fraction of sp³-hybridized carbons (Fsp3) is 0.143. The lowest BCUT2D eigenvalue weighted by atomic mass is 10.1. The number of nitrogens with one attached hydrogen (secondary N) is 1. The predicted octanol–water partition coefficient (Wildman–Crippen LogP) is 5.73. The number of aryl methyl sites for hydroxylation is 1. The van der Waals surface area contributed by atoms with Gasteiger partial charge in [-0.05, 0) is 30.7 Å². The Balaban J connectivity index is 1.64. The number of nitrogens with zero attached hydrogens (tertiary/aromatic N) is 2. The Morgan fingerprint density at radius 2 is 1.86 bits per heavy atom. The van der Waals surface area contributed by atoms with Crippen molar-refractivity contribution in [2.24, 2.45) is 0 Å². The maximum Gasteiger partial charge on any atom is 0.416 e. The van der Waals surface area contributed by atoms with Gasteiger partial charge in [0.05, 0.1) is 28.0 Å². The molecule has 1 N–H and O–H groups in total. The highest BCUT2D eigenvalue weighted by molar-refractivity contribution is 7.12. The lowest BCUT2D eigenvalue weighted by molar-refractivity contribution is -0.137. The predicted molar refractivity (Wildman–Crippen MR) is 107 cm³/mol. The van der Waals surface area contributed by atoms with Crippen molar-refractivity contribution in [3.05, 3.63) is 81.9 Å². The van der Waals surface area contributed by atoms with E-state index in [0.29, 0.717) is 22.8 Å². The summed E-state index contributed by atoms with van der Waals surface area (Å²) in [6.07, 6.45) is -2.55. The number of hydrogen-bond acceptors (Lipinski definition) is 3. The number of rotatable bonds is 4. The van der Waals surface area contributed by atoms with Gasteiger partial charge in [0.15, 0.2) is 0 Å². The molecule has 0 unspecified atom stereocenters. The molecule has 8 heteroatoms. The number of hydrogen-bond donors (Lipinski definition) is 1. The zero-order chi connectivity index (χ0) is 20.6. The van der Waals surface area contributed by atoms with Crippen LogP contribution in [0.2, 0.25) is 0 Å². The number of alkyl halides is 3. The smallest absolute Gasteiger partial charge is 0.341 e. The van der Waals surface area contributed by atoms with Crippen molar-refractivity contribution in [1.82, 2.24) is 9.55 Å². The number of carbonyl (C=O) groups is 1. The molecule has 0 aliphatic rings. The third-order valence-corrected chi connectivity index (χ3v) is 5.55. The van der Waals surface area contributed by atoms with Crippen LogP contribution < -0.4 is 5.32 Å². The topological polar surface area (TPSA) is 46.9 Å². The van der Waals surface area contributed by atoms with Gasteiger partial charge in [-0.15, -0.1) is 11.3 Å². The molecule has 2 aromatic heterocycles. The quantitative estimate of drug-likeness (QED) is 0.463. The van der Waals surface area contributed by atoms with E-state index in [2.05, 4.69) is 10.3 Å². The van der Waals surface area contributed by atoms with Crippen LogP contribution in [-0.4, -0.2) is 15.5 Å². The highest BCUT2D eigenvalue weighted by Crippen LogP contribution is 2.30. The van der Waals surface area contributed by atoms with E-state index in [0.717, 1.165) is 28.6 Å². The summed E-state index contributed by atoms with van der Waals surface area (Å²) in [5.74, 6) is -0.234. The van der Waals surface area contributed by atoms with Crippen LogP contribution in [0.25, 0.3) is 10.9 Å². The minimum Gasteiger partial charge on any atom is -0.341 e. The van der Waals surface area contributed by atoms with Crippen LogP contribution in [-0.2, 0) is 12.7 Å². The standard InChI is InChI=1S/C21H16F3N3OS/c1-13-19(29-12-25-13)20(28)26-17-11-27(18-5-3-2-4-16(17)18)10-14-6-8-15(9-7-14)21(22,23)24/h2-9,11-12H,10H2,1H3,(H,26,28). The molecule has 0 aliphatic heterocycles. The number of halogens is 3. The number of aromatic nitrogens is 2. The second-order valence-electron chi connectivity index (χ2n) is 6.60. The highest BCUT2D eigenvalue weighted by atomic mass is 32.1. The van der Waals surface area contributed by atoms with Crippen LogP contribution in [0.3, 0.4) is 0 Å². The molecule has 0 atom stereocenters. The SMILES string of the molecule is Cc1ncsc1C(=O)Nc1cn(Cc2ccc(C(F)(F)F)cc2)c2ccccc12. The Kier molecular flexibility index (Phi) is 4.87. The van der Waals surface area contributed by atoms with E-state index in [1.54, 1.807) is 18.6 Å². The van der Waals surface area contributed by atoms with E-state index >= 15 is 0 Å². The molecule has 148 valence electrons. The zero-order valence-corrected chi connectivity index (χ0v) is 16.1.